The zero-order valence-electron chi connectivity index (χ0n) is 15.2. The Labute approximate surface area is 150 Å². The lowest BCUT2D eigenvalue weighted by Crippen LogP contribution is -2.44. The lowest BCUT2D eigenvalue weighted by Gasteiger charge is -2.39. The molecule has 1 unspecified atom stereocenters. The first-order valence-corrected chi connectivity index (χ1v) is 9.60. The van der Waals surface area contributed by atoms with Crippen LogP contribution in [-0.2, 0) is 16.1 Å². The smallest absolute Gasteiger partial charge is 0.225 e. The Morgan fingerprint density at radius 3 is 2.80 bits per heavy atom. The van der Waals surface area contributed by atoms with E-state index in [-0.39, 0.29) is 0 Å². The number of ether oxygens (including phenoxy) is 1. The second-order valence-corrected chi connectivity index (χ2v) is 8.18. The highest BCUT2D eigenvalue weighted by Gasteiger charge is 2.46. The van der Waals surface area contributed by atoms with E-state index >= 15 is 0 Å². The SMILES string of the molecule is COCC1CC2(CCN(C(=O)C3CC3)CC2)CN1Cc1cccnc1. The van der Waals surface area contributed by atoms with Crippen LogP contribution in [0.25, 0.3) is 0 Å². The molecule has 0 aromatic carbocycles. The molecule has 3 fully saturated rings. The minimum absolute atomic E-state index is 0.348. The van der Waals surface area contributed by atoms with E-state index in [1.54, 1.807) is 7.11 Å². The van der Waals surface area contributed by atoms with Crippen molar-refractivity contribution in [3.8, 4) is 0 Å². The monoisotopic (exact) mass is 343 g/mol. The number of aromatic nitrogens is 1. The van der Waals surface area contributed by atoms with Crippen LogP contribution in [0.3, 0.4) is 0 Å². The molecule has 5 heteroatoms. The number of amides is 1. The summed E-state index contributed by atoms with van der Waals surface area (Å²) in [7, 11) is 1.80. The predicted octanol–water partition coefficient (Wildman–Crippen LogP) is 2.32. The number of likely N-dealkylation sites (tertiary alicyclic amines) is 2. The quantitative estimate of drug-likeness (QED) is 0.823. The van der Waals surface area contributed by atoms with E-state index < -0.39 is 0 Å². The van der Waals surface area contributed by atoms with Crippen LogP contribution >= 0.6 is 0 Å². The summed E-state index contributed by atoms with van der Waals surface area (Å²) in [6, 6.07) is 4.63. The summed E-state index contributed by atoms with van der Waals surface area (Å²) in [5.41, 5.74) is 1.62. The second kappa shape index (κ2) is 7.04. The number of rotatable bonds is 5. The molecule has 0 N–H and O–H groups in total. The summed E-state index contributed by atoms with van der Waals surface area (Å²) in [4.78, 5) is 21.3. The molecule has 2 aliphatic heterocycles. The number of nitrogens with zero attached hydrogens (tertiary/aromatic N) is 3. The summed E-state index contributed by atoms with van der Waals surface area (Å²) >= 11 is 0. The Hall–Kier alpha value is -1.46. The van der Waals surface area contributed by atoms with Crippen molar-refractivity contribution < 1.29 is 9.53 Å². The average molecular weight is 343 g/mol. The molecule has 5 nitrogen and oxygen atoms in total. The zero-order chi connectivity index (χ0) is 17.3. The Balaban J connectivity index is 1.40. The number of pyridine rings is 1. The maximum Gasteiger partial charge on any atom is 0.225 e. The fourth-order valence-corrected chi connectivity index (χ4v) is 4.67. The number of carbonyl (C=O) groups excluding carboxylic acids is 1. The van der Waals surface area contributed by atoms with Crippen molar-refractivity contribution in [1.82, 2.24) is 14.8 Å². The standard InChI is InChI=1S/C20H29N3O2/c1-25-14-18-11-20(15-23(18)13-16-3-2-8-21-12-16)6-9-22(10-7-20)19(24)17-4-5-17/h2-3,8,12,17-18H,4-7,9-11,13-15H2,1H3. The van der Waals surface area contributed by atoms with Gasteiger partial charge in [0.05, 0.1) is 6.61 Å². The molecule has 1 spiro atoms. The fourth-order valence-electron chi connectivity index (χ4n) is 4.67. The van der Waals surface area contributed by atoms with Crippen LogP contribution in [0.4, 0.5) is 0 Å². The van der Waals surface area contributed by atoms with Crippen molar-refractivity contribution in [2.24, 2.45) is 11.3 Å². The van der Waals surface area contributed by atoms with E-state index in [4.69, 9.17) is 4.74 Å². The van der Waals surface area contributed by atoms with E-state index in [1.165, 1.54) is 12.0 Å². The summed E-state index contributed by atoms with van der Waals surface area (Å²) in [6.45, 7) is 4.72. The number of carbonyl (C=O) groups is 1. The molecule has 136 valence electrons. The van der Waals surface area contributed by atoms with E-state index in [9.17, 15) is 4.79 Å². The van der Waals surface area contributed by atoms with E-state index in [1.807, 2.05) is 18.5 Å². The van der Waals surface area contributed by atoms with Crippen LogP contribution in [0.5, 0.6) is 0 Å². The highest BCUT2D eigenvalue weighted by atomic mass is 16.5. The molecule has 1 aromatic heterocycles. The Morgan fingerprint density at radius 2 is 2.16 bits per heavy atom. The molecule has 4 rings (SSSR count). The molecule has 1 amide bonds. The van der Waals surface area contributed by atoms with Crippen molar-refractivity contribution >= 4 is 5.91 Å². The number of hydrogen-bond donors (Lipinski definition) is 0. The Bertz CT molecular complexity index is 594. The van der Waals surface area contributed by atoms with Gasteiger partial charge in [-0.3, -0.25) is 14.7 Å². The zero-order valence-corrected chi connectivity index (χ0v) is 15.2. The summed E-state index contributed by atoms with van der Waals surface area (Å²) < 4.78 is 5.50. The first-order valence-electron chi connectivity index (χ1n) is 9.60. The van der Waals surface area contributed by atoms with Crippen molar-refractivity contribution in [1.29, 1.82) is 0 Å². The molecule has 1 saturated carbocycles. The largest absolute Gasteiger partial charge is 0.383 e. The van der Waals surface area contributed by atoms with E-state index in [2.05, 4.69) is 20.9 Å². The van der Waals surface area contributed by atoms with Crippen molar-refractivity contribution in [3.63, 3.8) is 0 Å². The molecule has 1 aliphatic carbocycles. The molecule has 25 heavy (non-hydrogen) atoms. The van der Waals surface area contributed by atoms with E-state index in [0.29, 0.717) is 23.3 Å². The van der Waals surface area contributed by atoms with Gasteiger partial charge in [0.25, 0.3) is 0 Å². The molecule has 0 radical (unpaired) electrons. The van der Waals surface area contributed by atoms with Gasteiger partial charge in [0, 0.05) is 57.6 Å². The van der Waals surface area contributed by atoms with Gasteiger partial charge in [-0.25, -0.2) is 0 Å². The van der Waals surface area contributed by atoms with E-state index in [0.717, 1.165) is 58.5 Å². The predicted molar refractivity (Wildman–Crippen MR) is 95.9 cm³/mol. The first kappa shape index (κ1) is 17.0. The molecule has 2 saturated heterocycles. The van der Waals surface area contributed by atoms with Crippen molar-refractivity contribution in [2.45, 2.75) is 44.7 Å². The molecule has 3 aliphatic rings. The fraction of sp³-hybridized carbons (Fsp3) is 0.700. The van der Waals surface area contributed by atoms with Crippen LogP contribution in [0.2, 0.25) is 0 Å². The molecule has 1 aromatic rings. The van der Waals surface area contributed by atoms with Gasteiger partial charge in [0.15, 0.2) is 0 Å². The number of methoxy groups -OCH3 is 1. The minimum atomic E-state index is 0.348. The third kappa shape index (κ3) is 3.72. The highest BCUT2D eigenvalue weighted by molar-refractivity contribution is 5.81. The van der Waals surface area contributed by atoms with Gasteiger partial charge in [-0.15, -0.1) is 0 Å². The van der Waals surface area contributed by atoms with Crippen LogP contribution in [-0.4, -0.2) is 60.1 Å². The average Bonchev–Trinajstić information content (AvgIpc) is 3.43. The molecule has 0 bridgehead atoms. The third-order valence-corrected chi connectivity index (χ3v) is 6.25. The lowest BCUT2D eigenvalue weighted by molar-refractivity contribution is -0.134. The Morgan fingerprint density at radius 1 is 1.36 bits per heavy atom. The molecule has 1 atom stereocenters. The van der Waals surface area contributed by atoms with Crippen LogP contribution in [0, 0.1) is 11.3 Å². The van der Waals surface area contributed by atoms with Gasteiger partial charge in [-0.05, 0) is 49.1 Å². The van der Waals surface area contributed by atoms with Crippen molar-refractivity contribution in [2.75, 3.05) is 33.4 Å². The van der Waals surface area contributed by atoms with Gasteiger partial charge >= 0.3 is 0 Å². The topological polar surface area (TPSA) is 45.7 Å². The molecule has 3 heterocycles. The van der Waals surface area contributed by atoms with Gasteiger partial charge in [0.2, 0.25) is 5.91 Å². The normalized spacial score (nSPS) is 26.3. The third-order valence-electron chi connectivity index (χ3n) is 6.25. The van der Waals surface area contributed by atoms with Gasteiger partial charge in [-0.2, -0.15) is 0 Å². The lowest BCUT2D eigenvalue weighted by atomic mass is 9.76. The molecular formula is C20H29N3O2. The summed E-state index contributed by atoms with van der Waals surface area (Å²) in [5, 5.41) is 0. The summed E-state index contributed by atoms with van der Waals surface area (Å²) in [5.74, 6) is 0.759. The molecular weight excluding hydrogens is 314 g/mol. The van der Waals surface area contributed by atoms with Gasteiger partial charge in [-0.1, -0.05) is 6.07 Å². The van der Waals surface area contributed by atoms with Crippen LogP contribution < -0.4 is 0 Å². The number of piperidine rings is 1. The maximum absolute atomic E-state index is 12.3. The summed E-state index contributed by atoms with van der Waals surface area (Å²) in [6.07, 6.45) is 9.46. The van der Waals surface area contributed by atoms with Crippen molar-refractivity contribution in [3.05, 3.63) is 30.1 Å². The second-order valence-electron chi connectivity index (χ2n) is 8.18. The highest BCUT2D eigenvalue weighted by Crippen LogP contribution is 2.44. The van der Waals surface area contributed by atoms with Crippen LogP contribution in [0.15, 0.2) is 24.5 Å². The first-order chi connectivity index (χ1) is 12.2. The number of hydrogen-bond acceptors (Lipinski definition) is 4. The van der Waals surface area contributed by atoms with Crippen LogP contribution in [0.1, 0.15) is 37.7 Å². The van der Waals surface area contributed by atoms with Gasteiger partial charge in [0.1, 0.15) is 0 Å². The minimum Gasteiger partial charge on any atom is -0.383 e. The van der Waals surface area contributed by atoms with Gasteiger partial charge < -0.3 is 9.64 Å². The maximum atomic E-state index is 12.3. The Kier molecular flexibility index (Phi) is 4.78.